The van der Waals surface area contributed by atoms with Gasteiger partial charge >= 0.3 is 6.09 Å². The van der Waals surface area contributed by atoms with Crippen molar-refractivity contribution in [1.82, 2.24) is 4.31 Å². The maximum absolute atomic E-state index is 10.4. The Balaban J connectivity index is 4.20. The molecule has 0 rings (SSSR count). The van der Waals surface area contributed by atoms with Crippen molar-refractivity contribution in [3.63, 3.8) is 0 Å². The Hall–Kier alpha value is -0.710. The molecule has 5 heteroatoms. The second-order valence-electron chi connectivity index (χ2n) is 1.90. The van der Waals surface area contributed by atoms with E-state index < -0.39 is 12.1 Å². The first-order valence-electron chi connectivity index (χ1n) is 3.18. The molecule has 0 heterocycles. The Labute approximate surface area is 69.7 Å². The first kappa shape index (κ1) is 10.3. The monoisotopic (exact) mass is 177 g/mol. The summed E-state index contributed by atoms with van der Waals surface area (Å²) < 4.78 is 1.03. The topological polar surface area (TPSA) is 57.6 Å². The van der Waals surface area contributed by atoms with Crippen LogP contribution in [0.5, 0.6) is 0 Å². The standard InChI is InChI=1S/C6H11NO3S/c1-3-5(4-8)7(11-2)6(9)10/h4-5H,3H2,1-2H3,(H,9,10). The summed E-state index contributed by atoms with van der Waals surface area (Å²) >= 11 is 1.04. The average Bonchev–Trinajstić information content (AvgIpc) is 1.99. The van der Waals surface area contributed by atoms with Gasteiger partial charge in [-0.3, -0.25) is 0 Å². The third-order valence-electron chi connectivity index (χ3n) is 1.26. The maximum atomic E-state index is 10.4. The lowest BCUT2D eigenvalue weighted by atomic mass is 10.2. The van der Waals surface area contributed by atoms with Crippen molar-refractivity contribution in [1.29, 1.82) is 0 Å². The first-order chi connectivity index (χ1) is 5.17. The van der Waals surface area contributed by atoms with Crippen LogP contribution in [0.2, 0.25) is 0 Å². The third kappa shape index (κ3) is 2.80. The fourth-order valence-corrected chi connectivity index (χ4v) is 1.30. The van der Waals surface area contributed by atoms with Gasteiger partial charge in [0.15, 0.2) is 0 Å². The third-order valence-corrected chi connectivity index (χ3v) is 2.08. The van der Waals surface area contributed by atoms with Crippen LogP contribution in [-0.4, -0.2) is 34.1 Å². The Morgan fingerprint density at radius 1 is 1.82 bits per heavy atom. The summed E-state index contributed by atoms with van der Waals surface area (Å²) in [7, 11) is 0. The molecule has 1 N–H and O–H groups in total. The molecule has 0 saturated heterocycles. The molecule has 0 radical (unpaired) electrons. The van der Waals surface area contributed by atoms with Crippen molar-refractivity contribution in [3.05, 3.63) is 0 Å². The van der Waals surface area contributed by atoms with Crippen LogP contribution in [0.1, 0.15) is 13.3 Å². The number of carbonyl (C=O) groups excluding carboxylic acids is 1. The van der Waals surface area contributed by atoms with Crippen LogP contribution in [0, 0.1) is 0 Å². The van der Waals surface area contributed by atoms with Crippen molar-refractivity contribution < 1.29 is 14.7 Å². The van der Waals surface area contributed by atoms with Gasteiger partial charge in [0.25, 0.3) is 0 Å². The van der Waals surface area contributed by atoms with Gasteiger partial charge < -0.3 is 9.90 Å². The van der Waals surface area contributed by atoms with Crippen molar-refractivity contribution >= 4 is 24.3 Å². The summed E-state index contributed by atoms with van der Waals surface area (Å²) in [5, 5.41) is 8.55. The average molecular weight is 177 g/mol. The van der Waals surface area contributed by atoms with Crippen LogP contribution in [-0.2, 0) is 4.79 Å². The van der Waals surface area contributed by atoms with Crippen LogP contribution in [0.3, 0.4) is 0 Å². The van der Waals surface area contributed by atoms with E-state index in [4.69, 9.17) is 5.11 Å². The molecular formula is C6H11NO3S. The van der Waals surface area contributed by atoms with Crippen molar-refractivity contribution in [2.24, 2.45) is 0 Å². The quantitative estimate of drug-likeness (QED) is 0.518. The number of carbonyl (C=O) groups is 2. The molecule has 64 valence electrons. The van der Waals surface area contributed by atoms with Gasteiger partial charge in [-0.25, -0.2) is 9.10 Å². The van der Waals surface area contributed by atoms with E-state index in [1.165, 1.54) is 0 Å². The van der Waals surface area contributed by atoms with E-state index in [1.807, 2.05) is 0 Å². The number of nitrogens with zero attached hydrogens (tertiary/aromatic N) is 1. The molecule has 1 atom stereocenters. The van der Waals surface area contributed by atoms with E-state index >= 15 is 0 Å². The lowest BCUT2D eigenvalue weighted by molar-refractivity contribution is -0.110. The molecule has 0 aliphatic carbocycles. The van der Waals surface area contributed by atoms with E-state index in [1.54, 1.807) is 13.2 Å². The number of rotatable bonds is 4. The molecule has 0 fully saturated rings. The highest BCUT2D eigenvalue weighted by Gasteiger charge is 2.19. The molecule has 0 aromatic rings. The summed E-state index contributed by atoms with van der Waals surface area (Å²) in [6.45, 7) is 1.77. The Kier molecular flexibility index (Phi) is 4.69. The van der Waals surface area contributed by atoms with E-state index in [9.17, 15) is 9.59 Å². The second kappa shape index (κ2) is 5.01. The molecule has 0 aromatic heterocycles. The largest absolute Gasteiger partial charge is 0.464 e. The van der Waals surface area contributed by atoms with Crippen molar-refractivity contribution in [2.45, 2.75) is 19.4 Å². The summed E-state index contributed by atoms with van der Waals surface area (Å²) in [6, 6.07) is -0.525. The predicted molar refractivity (Wildman–Crippen MR) is 43.5 cm³/mol. The van der Waals surface area contributed by atoms with E-state index in [0.29, 0.717) is 12.7 Å². The van der Waals surface area contributed by atoms with E-state index in [0.717, 1.165) is 16.3 Å². The maximum Gasteiger partial charge on any atom is 0.418 e. The number of carboxylic acid groups (broad SMARTS) is 1. The van der Waals surface area contributed by atoms with Gasteiger partial charge in [0.1, 0.15) is 12.3 Å². The molecule has 0 aromatic carbocycles. The number of hydrogen-bond acceptors (Lipinski definition) is 3. The summed E-state index contributed by atoms with van der Waals surface area (Å²) in [5.41, 5.74) is 0. The lowest BCUT2D eigenvalue weighted by Crippen LogP contribution is -2.34. The number of hydrogen-bond donors (Lipinski definition) is 1. The van der Waals surface area contributed by atoms with Gasteiger partial charge in [0.05, 0.1) is 0 Å². The highest BCUT2D eigenvalue weighted by molar-refractivity contribution is 7.96. The summed E-state index contributed by atoms with van der Waals surface area (Å²) in [4.78, 5) is 20.8. The van der Waals surface area contributed by atoms with E-state index in [-0.39, 0.29) is 0 Å². The Morgan fingerprint density at radius 2 is 2.36 bits per heavy atom. The molecule has 0 bridgehead atoms. The normalized spacial score (nSPS) is 12.2. The van der Waals surface area contributed by atoms with Gasteiger partial charge in [-0.1, -0.05) is 6.92 Å². The zero-order valence-corrected chi connectivity index (χ0v) is 7.30. The molecule has 1 unspecified atom stereocenters. The second-order valence-corrected chi connectivity index (χ2v) is 2.66. The van der Waals surface area contributed by atoms with Gasteiger partial charge in [0, 0.05) is 6.26 Å². The highest BCUT2D eigenvalue weighted by Crippen LogP contribution is 2.12. The lowest BCUT2D eigenvalue weighted by Gasteiger charge is -2.20. The molecule has 0 aliphatic rings. The number of aldehydes is 1. The minimum atomic E-state index is -1.07. The highest BCUT2D eigenvalue weighted by atomic mass is 32.2. The van der Waals surface area contributed by atoms with Crippen LogP contribution in [0.4, 0.5) is 4.79 Å². The van der Waals surface area contributed by atoms with Gasteiger partial charge in [-0.05, 0) is 18.4 Å². The predicted octanol–water partition coefficient (Wildman–Crippen LogP) is 1.22. The fraction of sp³-hybridized carbons (Fsp3) is 0.667. The molecule has 1 amide bonds. The molecule has 0 saturated carbocycles. The Bertz CT molecular complexity index is 151. The molecule has 0 spiro atoms. The SMILES string of the molecule is CCC(C=O)N(SC)C(=O)O. The van der Waals surface area contributed by atoms with Crippen LogP contribution in [0.25, 0.3) is 0 Å². The van der Waals surface area contributed by atoms with Crippen molar-refractivity contribution in [2.75, 3.05) is 6.26 Å². The number of amides is 1. The van der Waals surface area contributed by atoms with Gasteiger partial charge in [-0.15, -0.1) is 0 Å². The van der Waals surface area contributed by atoms with Crippen molar-refractivity contribution in [3.8, 4) is 0 Å². The van der Waals surface area contributed by atoms with Crippen LogP contribution in [0.15, 0.2) is 0 Å². The first-order valence-corrected chi connectivity index (χ1v) is 4.37. The van der Waals surface area contributed by atoms with E-state index in [2.05, 4.69) is 0 Å². The minimum Gasteiger partial charge on any atom is -0.464 e. The molecule has 11 heavy (non-hydrogen) atoms. The smallest absolute Gasteiger partial charge is 0.418 e. The molecular weight excluding hydrogens is 166 g/mol. The molecule has 0 aliphatic heterocycles. The Morgan fingerprint density at radius 3 is 2.45 bits per heavy atom. The zero-order valence-electron chi connectivity index (χ0n) is 6.48. The van der Waals surface area contributed by atoms with Gasteiger partial charge in [0.2, 0.25) is 0 Å². The molecule has 4 nitrogen and oxygen atoms in total. The van der Waals surface area contributed by atoms with Crippen LogP contribution < -0.4 is 0 Å². The minimum absolute atomic E-state index is 0.511. The summed E-state index contributed by atoms with van der Waals surface area (Å²) in [6.07, 6.45) is 1.71. The zero-order chi connectivity index (χ0) is 8.85. The fourth-order valence-electron chi connectivity index (χ4n) is 0.673. The van der Waals surface area contributed by atoms with Gasteiger partial charge in [-0.2, -0.15) is 0 Å². The van der Waals surface area contributed by atoms with Crippen LogP contribution >= 0.6 is 11.9 Å². The summed E-state index contributed by atoms with van der Waals surface area (Å²) in [5.74, 6) is 0.